The largest absolute Gasteiger partial charge is 0.378 e. The second-order valence-corrected chi connectivity index (χ2v) is 7.79. The van der Waals surface area contributed by atoms with Crippen LogP contribution in [0.15, 0.2) is 12.1 Å². The number of benzene rings is 1. The highest BCUT2D eigenvalue weighted by molar-refractivity contribution is 7.22. The fourth-order valence-electron chi connectivity index (χ4n) is 3.40. The first-order valence-electron chi connectivity index (χ1n) is 8.30. The highest BCUT2D eigenvalue weighted by atomic mass is 35.5. The van der Waals surface area contributed by atoms with Crippen molar-refractivity contribution >= 4 is 44.2 Å². The maximum Gasteiger partial charge on any atom is 0.227 e. The van der Waals surface area contributed by atoms with Gasteiger partial charge in [0.1, 0.15) is 0 Å². The molecule has 2 fully saturated rings. The van der Waals surface area contributed by atoms with Crippen molar-refractivity contribution in [1.29, 1.82) is 0 Å². The van der Waals surface area contributed by atoms with E-state index in [1.165, 1.54) is 0 Å². The topological polar surface area (TPSA) is 45.7 Å². The van der Waals surface area contributed by atoms with E-state index in [4.69, 9.17) is 21.3 Å². The Balaban J connectivity index is 1.51. The lowest BCUT2D eigenvalue weighted by Gasteiger charge is -2.29. The quantitative estimate of drug-likeness (QED) is 0.820. The van der Waals surface area contributed by atoms with E-state index in [0.717, 1.165) is 45.4 Å². The summed E-state index contributed by atoms with van der Waals surface area (Å²) < 4.78 is 6.37. The normalized spacial score (nSPS) is 21.7. The van der Waals surface area contributed by atoms with Crippen molar-refractivity contribution in [2.45, 2.75) is 13.3 Å². The molecule has 128 valence electrons. The predicted molar refractivity (Wildman–Crippen MR) is 97.1 cm³/mol. The van der Waals surface area contributed by atoms with Crippen LogP contribution >= 0.6 is 22.9 Å². The molecule has 0 spiro atoms. The van der Waals surface area contributed by atoms with E-state index < -0.39 is 0 Å². The SMILES string of the molecule is Cc1ccc(Cl)c2sc(N3CCC(C(=O)N4CCOCC4)C3)nc12. The summed E-state index contributed by atoms with van der Waals surface area (Å²) in [6.45, 7) is 6.40. The minimum absolute atomic E-state index is 0.0617. The van der Waals surface area contributed by atoms with Crippen molar-refractivity contribution < 1.29 is 9.53 Å². The molecule has 1 atom stereocenters. The van der Waals surface area contributed by atoms with E-state index in [9.17, 15) is 4.79 Å². The van der Waals surface area contributed by atoms with Crippen LogP contribution in [0.4, 0.5) is 5.13 Å². The van der Waals surface area contributed by atoms with Crippen LogP contribution in [-0.4, -0.2) is 55.2 Å². The summed E-state index contributed by atoms with van der Waals surface area (Å²) in [5.74, 6) is 0.322. The maximum atomic E-state index is 12.7. The molecule has 2 aliphatic heterocycles. The Morgan fingerprint density at radius 3 is 2.88 bits per heavy atom. The Labute approximate surface area is 150 Å². The van der Waals surface area contributed by atoms with Crippen molar-refractivity contribution in [3.05, 3.63) is 22.7 Å². The van der Waals surface area contributed by atoms with Crippen molar-refractivity contribution in [2.75, 3.05) is 44.3 Å². The van der Waals surface area contributed by atoms with Gasteiger partial charge in [0, 0.05) is 26.2 Å². The lowest BCUT2D eigenvalue weighted by molar-refractivity contribution is -0.138. The fraction of sp³-hybridized carbons (Fsp3) is 0.529. The summed E-state index contributed by atoms with van der Waals surface area (Å²) in [6, 6.07) is 3.93. The molecule has 1 aromatic carbocycles. The number of halogens is 1. The highest BCUT2D eigenvalue weighted by Gasteiger charge is 2.33. The number of morpholine rings is 1. The van der Waals surface area contributed by atoms with Gasteiger partial charge in [-0.3, -0.25) is 4.79 Å². The van der Waals surface area contributed by atoms with Gasteiger partial charge in [0.25, 0.3) is 0 Å². The zero-order valence-electron chi connectivity index (χ0n) is 13.6. The summed E-state index contributed by atoms with van der Waals surface area (Å²) in [6.07, 6.45) is 0.888. The van der Waals surface area contributed by atoms with E-state index >= 15 is 0 Å². The van der Waals surface area contributed by atoms with Crippen molar-refractivity contribution in [1.82, 2.24) is 9.88 Å². The Kier molecular flexibility index (Phi) is 4.37. The van der Waals surface area contributed by atoms with E-state index in [1.807, 2.05) is 17.0 Å². The molecule has 5 nitrogen and oxygen atoms in total. The number of hydrogen-bond acceptors (Lipinski definition) is 5. The zero-order valence-corrected chi connectivity index (χ0v) is 15.2. The number of thiazole rings is 1. The van der Waals surface area contributed by atoms with Crippen LogP contribution in [0, 0.1) is 12.8 Å². The number of amides is 1. The lowest BCUT2D eigenvalue weighted by Crippen LogP contribution is -2.44. The molecule has 2 saturated heterocycles. The monoisotopic (exact) mass is 365 g/mol. The number of anilines is 1. The zero-order chi connectivity index (χ0) is 16.7. The smallest absolute Gasteiger partial charge is 0.227 e. The number of ether oxygens (including phenoxy) is 1. The first-order valence-corrected chi connectivity index (χ1v) is 9.50. The minimum atomic E-state index is 0.0617. The first-order chi connectivity index (χ1) is 11.6. The summed E-state index contributed by atoms with van der Waals surface area (Å²) in [5.41, 5.74) is 2.11. The second kappa shape index (κ2) is 6.50. The van der Waals surface area contributed by atoms with E-state index in [2.05, 4.69) is 11.8 Å². The first kappa shape index (κ1) is 16.1. The molecule has 0 radical (unpaired) electrons. The number of aromatic nitrogens is 1. The average Bonchev–Trinajstić information content (AvgIpc) is 3.26. The van der Waals surface area contributed by atoms with Crippen LogP contribution in [0.5, 0.6) is 0 Å². The third-order valence-electron chi connectivity index (χ3n) is 4.82. The highest BCUT2D eigenvalue weighted by Crippen LogP contribution is 2.37. The molecule has 0 bridgehead atoms. The van der Waals surface area contributed by atoms with E-state index in [1.54, 1.807) is 11.3 Å². The molecule has 1 aromatic heterocycles. The number of carbonyl (C=O) groups excluding carboxylic acids is 1. The molecule has 7 heteroatoms. The van der Waals surface area contributed by atoms with Gasteiger partial charge in [-0.2, -0.15) is 0 Å². The van der Waals surface area contributed by atoms with Gasteiger partial charge >= 0.3 is 0 Å². The molecule has 3 heterocycles. The lowest BCUT2D eigenvalue weighted by atomic mass is 10.1. The summed E-state index contributed by atoms with van der Waals surface area (Å²) in [4.78, 5) is 21.6. The summed E-state index contributed by atoms with van der Waals surface area (Å²) in [7, 11) is 0. The number of rotatable bonds is 2. The number of fused-ring (bicyclic) bond motifs is 1. The van der Waals surface area contributed by atoms with Gasteiger partial charge in [-0.1, -0.05) is 29.0 Å². The molecule has 0 N–H and O–H groups in total. The van der Waals surface area contributed by atoms with Gasteiger partial charge in [0.2, 0.25) is 5.91 Å². The Morgan fingerprint density at radius 2 is 2.12 bits per heavy atom. The third kappa shape index (κ3) is 2.87. The standard InChI is InChI=1S/C17H20ClN3O2S/c1-11-2-3-13(18)15-14(11)19-17(24-15)21-5-4-12(10-21)16(22)20-6-8-23-9-7-20/h2-3,12H,4-10H2,1H3. The van der Waals surface area contributed by atoms with Gasteiger partial charge in [0.15, 0.2) is 5.13 Å². The third-order valence-corrected chi connectivity index (χ3v) is 6.39. The van der Waals surface area contributed by atoms with Crippen LogP contribution in [0.3, 0.4) is 0 Å². The molecular formula is C17H20ClN3O2S. The predicted octanol–water partition coefficient (Wildman–Crippen LogP) is 2.94. The van der Waals surface area contributed by atoms with Gasteiger partial charge in [0.05, 0.1) is 34.4 Å². The molecule has 2 aliphatic rings. The molecular weight excluding hydrogens is 346 g/mol. The number of nitrogens with zero attached hydrogens (tertiary/aromatic N) is 3. The number of aryl methyl sites for hydroxylation is 1. The number of hydrogen-bond donors (Lipinski definition) is 0. The van der Waals surface area contributed by atoms with Gasteiger partial charge < -0.3 is 14.5 Å². The molecule has 4 rings (SSSR count). The average molecular weight is 366 g/mol. The maximum absolute atomic E-state index is 12.7. The van der Waals surface area contributed by atoms with Gasteiger partial charge in [-0.05, 0) is 25.0 Å². The van der Waals surface area contributed by atoms with Crippen molar-refractivity contribution in [2.24, 2.45) is 5.92 Å². The molecule has 1 unspecified atom stereocenters. The van der Waals surface area contributed by atoms with Gasteiger partial charge in [-0.15, -0.1) is 0 Å². The fourth-order valence-corrected chi connectivity index (χ4v) is 4.76. The second-order valence-electron chi connectivity index (χ2n) is 6.41. The van der Waals surface area contributed by atoms with Crippen LogP contribution in [0.1, 0.15) is 12.0 Å². The van der Waals surface area contributed by atoms with E-state index in [0.29, 0.717) is 26.3 Å². The van der Waals surface area contributed by atoms with Crippen LogP contribution in [0.25, 0.3) is 10.2 Å². The van der Waals surface area contributed by atoms with Crippen molar-refractivity contribution in [3.8, 4) is 0 Å². The summed E-state index contributed by atoms with van der Waals surface area (Å²) in [5, 5.41) is 1.72. The molecule has 1 amide bonds. The minimum Gasteiger partial charge on any atom is -0.378 e. The van der Waals surface area contributed by atoms with Gasteiger partial charge in [-0.25, -0.2) is 4.98 Å². The summed E-state index contributed by atoms with van der Waals surface area (Å²) >= 11 is 7.93. The Morgan fingerprint density at radius 1 is 1.33 bits per heavy atom. The molecule has 24 heavy (non-hydrogen) atoms. The Hall–Kier alpha value is -1.37. The van der Waals surface area contributed by atoms with Crippen LogP contribution in [-0.2, 0) is 9.53 Å². The van der Waals surface area contributed by atoms with E-state index in [-0.39, 0.29) is 11.8 Å². The molecule has 0 aliphatic carbocycles. The van der Waals surface area contributed by atoms with Crippen LogP contribution in [0.2, 0.25) is 5.02 Å². The molecule has 2 aromatic rings. The number of carbonyl (C=O) groups is 1. The molecule has 0 saturated carbocycles. The van der Waals surface area contributed by atoms with Crippen LogP contribution < -0.4 is 4.90 Å². The Bertz CT molecular complexity index is 734. The van der Waals surface area contributed by atoms with Crippen molar-refractivity contribution in [3.63, 3.8) is 0 Å².